The summed E-state index contributed by atoms with van der Waals surface area (Å²) in [5, 5.41) is 0. The lowest BCUT2D eigenvalue weighted by Crippen LogP contribution is -2.82. The quantitative estimate of drug-likeness (QED) is 0.236. The predicted octanol–water partition coefficient (Wildman–Crippen LogP) is 6.88. The average molecular weight is 547 g/mol. The highest BCUT2D eigenvalue weighted by atomic mass is 28.4. The molecule has 6 nitrogen and oxygen atoms in total. The molecule has 3 heterocycles. The van der Waals surface area contributed by atoms with Crippen molar-refractivity contribution in [1.29, 1.82) is 0 Å². The first kappa shape index (κ1) is 27.5. The monoisotopic (exact) mass is 546 g/mol. The molecule has 6 atom stereocenters. The van der Waals surface area contributed by atoms with E-state index in [1.165, 1.54) is 0 Å². The SMILES string of the molecule is CC(C)[Si](O[C@]12C[C@]3(C)O[C@H](O1)[C@]1(COC(=O)c4ccccc4)[C@H]2C[C@@]13O[Si](C)(C)C)(C(C)C)C(C)C. The molecule has 206 valence electrons. The summed E-state index contributed by atoms with van der Waals surface area (Å²) >= 11 is 0. The maximum Gasteiger partial charge on any atom is 0.338 e. The second-order valence-electron chi connectivity index (χ2n) is 14.0. The van der Waals surface area contributed by atoms with Crippen molar-refractivity contribution >= 4 is 22.6 Å². The molecule has 0 spiro atoms. The zero-order valence-electron chi connectivity index (χ0n) is 24.3. The Labute approximate surface area is 225 Å². The summed E-state index contributed by atoms with van der Waals surface area (Å²) in [5.41, 5.74) is 0.183. The summed E-state index contributed by atoms with van der Waals surface area (Å²) in [7, 11) is -4.24. The number of ether oxygens (including phenoxy) is 3. The molecule has 6 aliphatic rings. The first-order chi connectivity index (χ1) is 17.1. The van der Waals surface area contributed by atoms with Gasteiger partial charge in [0.25, 0.3) is 0 Å². The number of benzene rings is 1. The minimum atomic E-state index is -2.26. The Morgan fingerprint density at radius 2 is 1.57 bits per heavy atom. The van der Waals surface area contributed by atoms with Crippen LogP contribution in [0.3, 0.4) is 0 Å². The average Bonchev–Trinajstić information content (AvgIpc) is 2.99. The van der Waals surface area contributed by atoms with Gasteiger partial charge in [-0.1, -0.05) is 59.7 Å². The van der Waals surface area contributed by atoms with Crippen molar-refractivity contribution in [2.24, 2.45) is 11.3 Å². The van der Waals surface area contributed by atoms with Crippen molar-refractivity contribution in [3.8, 4) is 0 Å². The van der Waals surface area contributed by atoms with Crippen LogP contribution < -0.4 is 0 Å². The topological polar surface area (TPSA) is 63.2 Å². The molecule has 0 N–H and O–H groups in total. The molecule has 1 aromatic rings. The van der Waals surface area contributed by atoms with Gasteiger partial charge in [0.2, 0.25) is 8.32 Å². The number of carbonyl (C=O) groups is 1. The molecular formula is C29H46O6Si2. The van der Waals surface area contributed by atoms with Gasteiger partial charge in [-0.2, -0.15) is 0 Å². The Morgan fingerprint density at radius 3 is 2.11 bits per heavy atom. The second kappa shape index (κ2) is 8.48. The van der Waals surface area contributed by atoms with Crippen molar-refractivity contribution < 1.29 is 27.9 Å². The van der Waals surface area contributed by atoms with E-state index in [0.29, 0.717) is 28.6 Å². The lowest BCUT2D eigenvalue weighted by molar-refractivity contribution is -0.375. The van der Waals surface area contributed by atoms with Gasteiger partial charge in [-0.3, -0.25) is 0 Å². The van der Waals surface area contributed by atoms with Crippen LogP contribution in [0.25, 0.3) is 0 Å². The number of hydrogen-bond donors (Lipinski definition) is 0. The fourth-order valence-corrected chi connectivity index (χ4v) is 15.9. The predicted molar refractivity (Wildman–Crippen MR) is 148 cm³/mol. The van der Waals surface area contributed by atoms with Crippen molar-refractivity contribution in [2.45, 2.75) is 121 Å². The van der Waals surface area contributed by atoms with Crippen LogP contribution in [-0.2, 0) is 23.1 Å². The summed E-state index contributed by atoms with van der Waals surface area (Å²) in [4.78, 5) is 13.1. The fourth-order valence-electron chi connectivity index (χ4n) is 8.75. The van der Waals surface area contributed by atoms with Crippen molar-refractivity contribution in [2.75, 3.05) is 6.61 Å². The van der Waals surface area contributed by atoms with E-state index in [4.69, 9.17) is 23.1 Å². The molecule has 6 fully saturated rings. The minimum absolute atomic E-state index is 0.0589. The Bertz CT molecular complexity index is 1030. The summed E-state index contributed by atoms with van der Waals surface area (Å²) < 4.78 is 34.3. The lowest BCUT2D eigenvalue weighted by atomic mass is 9.41. The third kappa shape index (κ3) is 3.52. The Morgan fingerprint density at radius 1 is 0.973 bits per heavy atom. The zero-order chi connectivity index (χ0) is 27.2. The van der Waals surface area contributed by atoms with E-state index in [1.54, 1.807) is 12.1 Å². The van der Waals surface area contributed by atoms with Gasteiger partial charge in [-0.25, -0.2) is 4.79 Å². The van der Waals surface area contributed by atoms with Crippen LogP contribution in [-0.4, -0.2) is 52.5 Å². The molecule has 3 aliphatic carbocycles. The zero-order valence-corrected chi connectivity index (χ0v) is 26.3. The molecule has 1 aromatic carbocycles. The van der Waals surface area contributed by atoms with Gasteiger partial charge in [0, 0.05) is 12.3 Å². The third-order valence-corrected chi connectivity index (χ3v) is 17.0. The Balaban J connectivity index is 1.55. The van der Waals surface area contributed by atoms with Crippen molar-refractivity contribution in [3.05, 3.63) is 35.9 Å². The van der Waals surface area contributed by atoms with Crippen LogP contribution in [0.4, 0.5) is 0 Å². The number of carbonyl (C=O) groups excluding carboxylic acids is 1. The van der Waals surface area contributed by atoms with Gasteiger partial charge in [0.1, 0.15) is 12.2 Å². The molecule has 0 unspecified atom stereocenters. The van der Waals surface area contributed by atoms with Crippen LogP contribution in [0.5, 0.6) is 0 Å². The highest BCUT2D eigenvalue weighted by Crippen LogP contribution is 2.83. The molecule has 0 radical (unpaired) electrons. The molecular weight excluding hydrogens is 500 g/mol. The highest BCUT2D eigenvalue weighted by molar-refractivity contribution is 6.77. The lowest BCUT2D eigenvalue weighted by Gasteiger charge is -2.70. The second-order valence-corrected chi connectivity index (χ2v) is 23.8. The van der Waals surface area contributed by atoms with Gasteiger partial charge >= 0.3 is 5.97 Å². The van der Waals surface area contributed by atoms with E-state index in [1.807, 2.05) is 18.2 Å². The van der Waals surface area contributed by atoms with Gasteiger partial charge in [0.05, 0.1) is 16.6 Å². The molecule has 3 saturated heterocycles. The van der Waals surface area contributed by atoms with Crippen LogP contribution in [0.2, 0.25) is 36.3 Å². The van der Waals surface area contributed by atoms with Gasteiger partial charge in [0.15, 0.2) is 20.4 Å². The molecule has 7 rings (SSSR count). The van der Waals surface area contributed by atoms with E-state index < -0.39 is 45.3 Å². The molecule has 6 bridgehead atoms. The molecule has 0 aromatic heterocycles. The van der Waals surface area contributed by atoms with Gasteiger partial charge < -0.3 is 23.1 Å². The maximum absolute atomic E-state index is 13.1. The number of esters is 1. The standard InChI is InChI=1S/C29H46O6Si2/c1-19(2)37(20(3)4,21(5)6)34-28-17-26(7)29(35-36(8,9)10)16-23(28)27(29,25(32-26)33-28)18-31-24(30)22-14-12-11-13-15-22/h11-15,19-21,23,25H,16-18H2,1-10H3/t23-,25-,26+,27+,28+,29+/m1/s1. The molecule has 3 saturated carbocycles. The third-order valence-electron chi connectivity index (χ3n) is 9.92. The van der Waals surface area contributed by atoms with E-state index in [-0.39, 0.29) is 18.5 Å². The number of hydrogen-bond acceptors (Lipinski definition) is 6. The van der Waals surface area contributed by atoms with Crippen LogP contribution in [0.15, 0.2) is 30.3 Å². The molecule has 8 heteroatoms. The summed E-state index contributed by atoms with van der Waals surface area (Å²) in [6.45, 7) is 22.9. The van der Waals surface area contributed by atoms with Gasteiger partial charge in [-0.05, 0) is 61.7 Å². The summed E-state index contributed by atoms with van der Waals surface area (Å²) in [5.74, 6) is -0.991. The van der Waals surface area contributed by atoms with E-state index in [2.05, 4.69) is 68.1 Å². The first-order valence-corrected chi connectivity index (χ1v) is 19.6. The first-order valence-electron chi connectivity index (χ1n) is 14.1. The Kier molecular flexibility index (Phi) is 6.31. The summed E-state index contributed by atoms with van der Waals surface area (Å²) in [6.07, 6.45) is 0.954. The van der Waals surface area contributed by atoms with Crippen LogP contribution in [0.1, 0.15) is 71.7 Å². The number of rotatable bonds is 10. The minimum Gasteiger partial charge on any atom is -0.461 e. The fraction of sp³-hybridized carbons (Fsp3) is 0.759. The maximum atomic E-state index is 13.1. The van der Waals surface area contributed by atoms with Crippen LogP contribution >= 0.6 is 0 Å². The molecule has 3 aliphatic heterocycles. The smallest absolute Gasteiger partial charge is 0.338 e. The summed E-state index contributed by atoms with van der Waals surface area (Å²) in [6, 6.07) is 9.20. The molecule has 0 amide bonds. The largest absolute Gasteiger partial charge is 0.461 e. The van der Waals surface area contributed by atoms with Gasteiger partial charge in [-0.15, -0.1) is 0 Å². The Hall–Kier alpha value is -1.04. The van der Waals surface area contributed by atoms with E-state index in [9.17, 15) is 4.79 Å². The van der Waals surface area contributed by atoms with E-state index in [0.717, 1.165) is 6.42 Å². The highest BCUT2D eigenvalue weighted by Gasteiger charge is 2.95. The normalized spacial score (nSPS) is 38.1. The van der Waals surface area contributed by atoms with Crippen LogP contribution in [0, 0.1) is 11.3 Å². The van der Waals surface area contributed by atoms with Crippen molar-refractivity contribution in [3.63, 3.8) is 0 Å². The van der Waals surface area contributed by atoms with E-state index >= 15 is 0 Å². The van der Waals surface area contributed by atoms with Crippen molar-refractivity contribution in [1.82, 2.24) is 0 Å². The molecule has 37 heavy (non-hydrogen) atoms.